The van der Waals surface area contributed by atoms with Crippen LogP contribution in [0.15, 0.2) is 46.1 Å². The van der Waals surface area contributed by atoms with Gasteiger partial charge in [0.15, 0.2) is 0 Å². The SMILES string of the molecule is CCCOCCOC(=O)C1=C(C)NC(SC)=C(C#N)[C@@H]1c1ccccc1OC(F)F. The van der Waals surface area contributed by atoms with E-state index in [2.05, 4.69) is 16.1 Å². The van der Waals surface area contributed by atoms with E-state index >= 15 is 0 Å². The minimum atomic E-state index is -3.04. The molecule has 30 heavy (non-hydrogen) atoms. The summed E-state index contributed by atoms with van der Waals surface area (Å²) in [6, 6.07) is 8.24. The third-order valence-corrected chi connectivity index (χ3v) is 5.06. The highest BCUT2D eigenvalue weighted by atomic mass is 32.2. The lowest BCUT2D eigenvalue weighted by molar-refractivity contribution is -0.140. The number of carbonyl (C=O) groups is 1. The maximum Gasteiger partial charge on any atom is 0.387 e. The van der Waals surface area contributed by atoms with Gasteiger partial charge in [-0.1, -0.05) is 25.1 Å². The fraction of sp³-hybridized carbons (Fsp3) is 0.429. The second-order valence-corrected chi connectivity index (χ2v) is 7.14. The first kappa shape index (κ1) is 23.7. The van der Waals surface area contributed by atoms with Crippen LogP contribution in [0.4, 0.5) is 8.78 Å². The van der Waals surface area contributed by atoms with Crippen molar-refractivity contribution in [2.45, 2.75) is 32.8 Å². The molecule has 1 aromatic rings. The molecule has 0 saturated heterocycles. The van der Waals surface area contributed by atoms with Crippen LogP contribution in [-0.2, 0) is 14.3 Å². The number of hydrogen-bond acceptors (Lipinski definition) is 7. The quantitative estimate of drug-likeness (QED) is 0.430. The molecule has 0 spiro atoms. The second kappa shape index (κ2) is 11.6. The molecular formula is C21H24F2N2O4S. The summed E-state index contributed by atoms with van der Waals surface area (Å²) >= 11 is 1.29. The van der Waals surface area contributed by atoms with Gasteiger partial charge in [-0.15, -0.1) is 11.8 Å². The zero-order valence-electron chi connectivity index (χ0n) is 17.0. The molecule has 1 aliphatic heterocycles. The number of carbonyl (C=O) groups excluding carboxylic acids is 1. The Morgan fingerprint density at radius 2 is 2.03 bits per heavy atom. The van der Waals surface area contributed by atoms with Crippen molar-refractivity contribution in [3.8, 4) is 11.8 Å². The first-order valence-corrected chi connectivity index (χ1v) is 10.6. The van der Waals surface area contributed by atoms with Crippen molar-refractivity contribution >= 4 is 17.7 Å². The predicted octanol–water partition coefficient (Wildman–Crippen LogP) is 4.32. The third kappa shape index (κ3) is 5.74. The molecule has 0 saturated carbocycles. The number of alkyl halides is 2. The molecule has 1 atom stereocenters. The molecule has 2 rings (SSSR count). The highest BCUT2D eigenvalue weighted by Crippen LogP contribution is 2.43. The number of hydrogen-bond donors (Lipinski definition) is 1. The van der Waals surface area contributed by atoms with Crippen LogP contribution in [0.1, 0.15) is 31.7 Å². The monoisotopic (exact) mass is 438 g/mol. The highest BCUT2D eigenvalue weighted by molar-refractivity contribution is 8.02. The second-order valence-electron chi connectivity index (χ2n) is 6.32. The lowest BCUT2D eigenvalue weighted by atomic mass is 9.82. The molecule has 0 unspecified atom stereocenters. The number of ether oxygens (including phenoxy) is 3. The molecule has 0 fully saturated rings. The van der Waals surface area contributed by atoms with Gasteiger partial charge in [0.1, 0.15) is 12.4 Å². The topological polar surface area (TPSA) is 80.6 Å². The minimum Gasteiger partial charge on any atom is -0.460 e. The normalized spacial score (nSPS) is 16.4. The molecule has 9 heteroatoms. The molecular weight excluding hydrogens is 414 g/mol. The smallest absolute Gasteiger partial charge is 0.387 e. The van der Waals surface area contributed by atoms with Gasteiger partial charge in [-0.05, 0) is 25.7 Å². The molecule has 1 aliphatic rings. The molecule has 0 aromatic heterocycles. The summed E-state index contributed by atoms with van der Waals surface area (Å²) in [5.41, 5.74) is 1.17. The van der Waals surface area contributed by atoms with Gasteiger partial charge in [-0.3, -0.25) is 0 Å². The third-order valence-electron chi connectivity index (χ3n) is 4.33. The predicted molar refractivity (Wildman–Crippen MR) is 110 cm³/mol. The molecule has 0 aliphatic carbocycles. The highest BCUT2D eigenvalue weighted by Gasteiger charge is 2.37. The average Bonchev–Trinajstić information content (AvgIpc) is 2.72. The number of nitrogens with zero attached hydrogens (tertiary/aromatic N) is 1. The van der Waals surface area contributed by atoms with Gasteiger partial charge >= 0.3 is 12.6 Å². The zero-order chi connectivity index (χ0) is 22.1. The van der Waals surface area contributed by atoms with Crippen molar-refractivity contribution in [2.24, 2.45) is 0 Å². The molecule has 162 valence electrons. The van der Waals surface area contributed by atoms with E-state index in [0.717, 1.165) is 6.42 Å². The molecule has 0 amide bonds. The molecule has 1 N–H and O–H groups in total. The number of rotatable bonds is 10. The fourth-order valence-corrected chi connectivity index (χ4v) is 3.73. The lowest BCUT2D eigenvalue weighted by Gasteiger charge is -2.29. The maximum absolute atomic E-state index is 13.0. The Kier molecular flexibility index (Phi) is 9.15. The van der Waals surface area contributed by atoms with E-state index in [4.69, 9.17) is 9.47 Å². The van der Waals surface area contributed by atoms with Crippen molar-refractivity contribution in [1.82, 2.24) is 5.32 Å². The van der Waals surface area contributed by atoms with E-state index < -0.39 is 18.5 Å². The van der Waals surface area contributed by atoms with Crippen molar-refractivity contribution in [1.29, 1.82) is 5.26 Å². The van der Waals surface area contributed by atoms with E-state index in [1.54, 1.807) is 31.4 Å². The summed E-state index contributed by atoms with van der Waals surface area (Å²) in [6.07, 6.45) is 2.62. The van der Waals surface area contributed by atoms with Crippen molar-refractivity contribution in [3.63, 3.8) is 0 Å². The van der Waals surface area contributed by atoms with Crippen LogP contribution < -0.4 is 10.1 Å². The van der Waals surface area contributed by atoms with Crippen LogP contribution in [-0.4, -0.2) is 38.7 Å². The van der Waals surface area contributed by atoms with Crippen molar-refractivity contribution < 1.29 is 27.8 Å². The van der Waals surface area contributed by atoms with Gasteiger partial charge in [0, 0.05) is 17.9 Å². The van der Waals surface area contributed by atoms with E-state index in [1.165, 1.54) is 17.8 Å². The Balaban J connectivity index is 2.45. The Morgan fingerprint density at radius 3 is 2.67 bits per heavy atom. The Labute approximate surface area is 178 Å². The number of dihydropyridines is 1. The van der Waals surface area contributed by atoms with Gasteiger partial charge in [-0.25, -0.2) is 4.79 Å². The molecule has 6 nitrogen and oxygen atoms in total. The Morgan fingerprint density at radius 1 is 1.30 bits per heavy atom. The maximum atomic E-state index is 13.0. The van der Waals surface area contributed by atoms with E-state index in [-0.39, 0.29) is 35.7 Å². The number of para-hydroxylation sites is 1. The minimum absolute atomic E-state index is 0.0402. The number of allylic oxidation sites excluding steroid dienone is 2. The van der Waals surface area contributed by atoms with Crippen LogP contribution in [0.5, 0.6) is 5.75 Å². The van der Waals surface area contributed by atoms with Crippen LogP contribution in [0, 0.1) is 11.3 Å². The number of esters is 1. The first-order valence-electron chi connectivity index (χ1n) is 9.39. The molecule has 1 aromatic carbocycles. The van der Waals surface area contributed by atoms with E-state index in [0.29, 0.717) is 17.3 Å². The Bertz CT molecular complexity index is 865. The van der Waals surface area contributed by atoms with Crippen molar-refractivity contribution in [2.75, 3.05) is 26.1 Å². The van der Waals surface area contributed by atoms with Crippen LogP contribution in [0.2, 0.25) is 0 Å². The number of nitriles is 1. The van der Waals surface area contributed by atoms with E-state index in [1.807, 2.05) is 6.92 Å². The largest absolute Gasteiger partial charge is 0.460 e. The summed E-state index contributed by atoms with van der Waals surface area (Å²) in [4.78, 5) is 12.9. The van der Waals surface area contributed by atoms with Crippen LogP contribution in [0.3, 0.4) is 0 Å². The molecule has 0 radical (unpaired) electrons. The van der Waals surface area contributed by atoms with Gasteiger partial charge in [0.2, 0.25) is 0 Å². The van der Waals surface area contributed by atoms with Crippen molar-refractivity contribution in [3.05, 3.63) is 51.7 Å². The van der Waals surface area contributed by atoms with Crippen LogP contribution >= 0.6 is 11.8 Å². The molecule has 0 bridgehead atoms. The van der Waals surface area contributed by atoms with Gasteiger partial charge in [0.05, 0.1) is 34.8 Å². The summed E-state index contributed by atoms with van der Waals surface area (Å²) in [6.45, 7) is 1.44. The van der Waals surface area contributed by atoms with Gasteiger partial charge in [0.25, 0.3) is 0 Å². The number of nitrogens with one attached hydrogen (secondary N) is 1. The Hall–Kier alpha value is -2.57. The molecule has 1 heterocycles. The zero-order valence-corrected chi connectivity index (χ0v) is 17.9. The summed E-state index contributed by atoms with van der Waals surface area (Å²) in [5.74, 6) is -1.65. The van der Waals surface area contributed by atoms with Gasteiger partial charge in [-0.2, -0.15) is 14.0 Å². The standard InChI is InChI=1S/C21H24F2N2O4S/c1-4-9-27-10-11-28-20(26)17-13(2)25-19(30-3)15(12-24)18(17)14-7-5-6-8-16(14)29-21(22)23/h5-8,18,21,25H,4,9-11H2,1-3H3/t18-/m0/s1. The summed E-state index contributed by atoms with van der Waals surface area (Å²) in [7, 11) is 0. The lowest BCUT2D eigenvalue weighted by Crippen LogP contribution is -2.29. The number of halogens is 2. The number of benzene rings is 1. The first-order chi connectivity index (χ1) is 14.4. The van der Waals surface area contributed by atoms with Crippen LogP contribution in [0.25, 0.3) is 0 Å². The van der Waals surface area contributed by atoms with Gasteiger partial charge < -0.3 is 19.5 Å². The van der Waals surface area contributed by atoms with E-state index in [9.17, 15) is 18.8 Å². The summed E-state index contributed by atoms with van der Waals surface area (Å²) in [5, 5.41) is 13.4. The average molecular weight is 438 g/mol. The fourth-order valence-electron chi connectivity index (χ4n) is 3.09. The summed E-state index contributed by atoms with van der Waals surface area (Å²) < 4.78 is 41.2. The number of thioether (sulfide) groups is 1.